The molecule has 0 fully saturated rings. The summed E-state index contributed by atoms with van der Waals surface area (Å²) in [5, 5.41) is -1.12. The Balaban J connectivity index is 4.61. The molecule has 0 saturated heterocycles. The molecule has 0 aliphatic heterocycles. The zero-order valence-electron chi connectivity index (χ0n) is 8.35. The van der Waals surface area contributed by atoms with Gasteiger partial charge < -0.3 is 0 Å². The molecule has 5 nitrogen and oxygen atoms in total. The van der Waals surface area contributed by atoms with Crippen LogP contribution in [0.5, 0.6) is 0 Å². The third-order valence-corrected chi connectivity index (χ3v) is 5.24. The highest BCUT2D eigenvalue weighted by molar-refractivity contribution is 7.95. The lowest BCUT2D eigenvalue weighted by Gasteiger charge is -2.08. The first kappa shape index (κ1) is 13.6. The molecular formula is C7H14O5S2. The second-order valence-electron chi connectivity index (χ2n) is 3.25. The molecule has 7 heteroatoms. The van der Waals surface area contributed by atoms with E-state index in [1.807, 2.05) is 0 Å². The van der Waals surface area contributed by atoms with Crippen LogP contribution in [0, 0.1) is 0 Å². The summed E-state index contributed by atoms with van der Waals surface area (Å²) in [7, 11) is -6.93. The Hall–Kier alpha value is -0.430. The second-order valence-corrected chi connectivity index (χ2v) is 7.95. The van der Waals surface area contributed by atoms with Gasteiger partial charge in [-0.25, -0.2) is 16.8 Å². The van der Waals surface area contributed by atoms with Gasteiger partial charge in [0.15, 0.2) is 9.84 Å². The van der Waals surface area contributed by atoms with Crippen molar-refractivity contribution in [1.29, 1.82) is 0 Å². The van der Waals surface area contributed by atoms with Crippen LogP contribution < -0.4 is 0 Å². The van der Waals surface area contributed by atoms with Crippen LogP contribution in [0.3, 0.4) is 0 Å². The number of hydrogen-bond acceptors (Lipinski definition) is 5. The van der Waals surface area contributed by atoms with Gasteiger partial charge in [-0.2, -0.15) is 0 Å². The molecule has 0 rings (SSSR count). The lowest BCUT2D eigenvalue weighted by molar-refractivity contribution is -0.116. The van der Waals surface area contributed by atoms with E-state index in [1.165, 1.54) is 13.8 Å². The van der Waals surface area contributed by atoms with E-state index >= 15 is 0 Å². The fourth-order valence-electron chi connectivity index (χ4n) is 0.697. The van der Waals surface area contributed by atoms with Gasteiger partial charge in [-0.3, -0.25) is 4.79 Å². The Labute approximate surface area is 84.3 Å². The molecule has 0 aromatic carbocycles. The Morgan fingerprint density at radius 3 is 1.86 bits per heavy atom. The lowest BCUT2D eigenvalue weighted by atomic mass is 10.3. The number of hydrogen-bond donors (Lipinski definition) is 0. The molecule has 84 valence electrons. The van der Waals surface area contributed by atoms with Gasteiger partial charge >= 0.3 is 0 Å². The summed E-state index contributed by atoms with van der Waals surface area (Å²) in [6.45, 7) is 2.43. The Bertz CT molecular complexity index is 403. The van der Waals surface area contributed by atoms with Crippen LogP contribution in [0.2, 0.25) is 0 Å². The maximum absolute atomic E-state index is 11.3. The smallest absolute Gasteiger partial charge is 0.160 e. The van der Waals surface area contributed by atoms with Crippen molar-refractivity contribution in [2.75, 3.05) is 17.8 Å². The quantitative estimate of drug-likeness (QED) is 0.644. The van der Waals surface area contributed by atoms with E-state index in [2.05, 4.69) is 0 Å². The van der Waals surface area contributed by atoms with Crippen molar-refractivity contribution in [1.82, 2.24) is 0 Å². The molecule has 0 aliphatic carbocycles. The molecule has 0 bridgehead atoms. The fourth-order valence-corrected chi connectivity index (χ4v) is 3.70. The predicted octanol–water partition coefficient (Wildman–Crippen LogP) is -0.577. The van der Waals surface area contributed by atoms with Crippen molar-refractivity contribution in [3.05, 3.63) is 0 Å². The highest BCUT2D eigenvalue weighted by Crippen LogP contribution is 2.04. The van der Waals surface area contributed by atoms with E-state index in [0.717, 1.165) is 6.26 Å². The van der Waals surface area contributed by atoms with E-state index < -0.39 is 42.2 Å². The summed E-state index contributed by atoms with van der Waals surface area (Å²) >= 11 is 0. The number of rotatable bonds is 5. The standard InChI is InChI=1S/C7H14O5S2/c1-6(8)7(2)14(11,12)5-4-13(3,9)10/h7H,4-5H2,1-3H3. The molecule has 1 atom stereocenters. The maximum Gasteiger partial charge on any atom is 0.160 e. The second kappa shape index (κ2) is 4.39. The molecule has 0 heterocycles. The van der Waals surface area contributed by atoms with Gasteiger partial charge in [0.05, 0.1) is 11.5 Å². The van der Waals surface area contributed by atoms with Gasteiger partial charge in [0, 0.05) is 6.26 Å². The third-order valence-electron chi connectivity index (χ3n) is 1.85. The average Bonchev–Trinajstić information content (AvgIpc) is 1.98. The first-order valence-corrected chi connectivity index (χ1v) is 7.73. The number of Topliss-reactive ketones (excluding diaryl/α,β-unsaturated/α-hetero) is 1. The predicted molar refractivity (Wildman–Crippen MR) is 53.6 cm³/mol. The minimum atomic E-state index is -3.62. The summed E-state index contributed by atoms with van der Waals surface area (Å²) < 4.78 is 44.1. The van der Waals surface area contributed by atoms with Crippen molar-refractivity contribution in [2.45, 2.75) is 19.1 Å². The molecule has 0 N–H and O–H groups in total. The molecule has 0 aromatic rings. The van der Waals surface area contributed by atoms with Crippen molar-refractivity contribution in [3.8, 4) is 0 Å². The summed E-state index contributed by atoms with van der Waals surface area (Å²) in [5.41, 5.74) is 0. The molecule has 0 saturated carbocycles. The maximum atomic E-state index is 11.3. The fraction of sp³-hybridized carbons (Fsp3) is 0.857. The van der Waals surface area contributed by atoms with Crippen LogP contribution in [0.1, 0.15) is 13.8 Å². The first-order chi connectivity index (χ1) is 6.06. The molecule has 1 unspecified atom stereocenters. The Morgan fingerprint density at radius 1 is 1.14 bits per heavy atom. The van der Waals surface area contributed by atoms with Gasteiger partial charge in [-0.1, -0.05) is 0 Å². The summed E-state index contributed by atoms with van der Waals surface area (Å²) in [6, 6.07) is 0. The van der Waals surface area contributed by atoms with Gasteiger partial charge in [0.25, 0.3) is 0 Å². The third kappa shape index (κ3) is 4.71. The van der Waals surface area contributed by atoms with Crippen molar-refractivity contribution < 1.29 is 21.6 Å². The molecule has 0 spiro atoms. The van der Waals surface area contributed by atoms with Crippen LogP contribution in [0.4, 0.5) is 0 Å². The first-order valence-electron chi connectivity index (χ1n) is 3.96. The van der Waals surface area contributed by atoms with Gasteiger partial charge in [-0.15, -0.1) is 0 Å². The monoisotopic (exact) mass is 242 g/mol. The average molecular weight is 242 g/mol. The van der Waals surface area contributed by atoms with Crippen molar-refractivity contribution in [2.24, 2.45) is 0 Å². The largest absolute Gasteiger partial charge is 0.299 e. The topological polar surface area (TPSA) is 85.3 Å². The molecule has 0 amide bonds. The minimum Gasteiger partial charge on any atom is -0.299 e. The Morgan fingerprint density at radius 2 is 1.57 bits per heavy atom. The minimum absolute atomic E-state index is 0.438. The molecule has 0 radical (unpaired) electrons. The van der Waals surface area contributed by atoms with E-state index in [0.29, 0.717) is 0 Å². The Kier molecular flexibility index (Phi) is 4.26. The zero-order chi connectivity index (χ0) is 11.6. The highest BCUT2D eigenvalue weighted by Gasteiger charge is 2.25. The van der Waals surface area contributed by atoms with Crippen LogP contribution in [-0.2, 0) is 24.5 Å². The van der Waals surface area contributed by atoms with E-state index in [9.17, 15) is 21.6 Å². The molecule has 0 aromatic heterocycles. The number of sulfone groups is 2. The summed E-state index contributed by atoms with van der Waals surface area (Å²) in [4.78, 5) is 10.8. The van der Waals surface area contributed by atoms with Gasteiger partial charge in [-0.05, 0) is 13.8 Å². The number of carbonyl (C=O) groups is 1. The number of ketones is 1. The van der Waals surface area contributed by atoms with Crippen LogP contribution in [-0.4, -0.2) is 45.6 Å². The highest BCUT2D eigenvalue weighted by atomic mass is 32.2. The molecular weight excluding hydrogens is 228 g/mol. The van der Waals surface area contributed by atoms with Crippen molar-refractivity contribution in [3.63, 3.8) is 0 Å². The lowest BCUT2D eigenvalue weighted by Crippen LogP contribution is -2.30. The number of carbonyl (C=O) groups excluding carboxylic acids is 1. The zero-order valence-corrected chi connectivity index (χ0v) is 9.98. The van der Waals surface area contributed by atoms with Crippen LogP contribution in [0.15, 0.2) is 0 Å². The van der Waals surface area contributed by atoms with E-state index in [4.69, 9.17) is 0 Å². The SMILES string of the molecule is CC(=O)C(C)S(=O)(=O)CCS(C)(=O)=O. The normalized spacial score (nSPS) is 15.1. The van der Waals surface area contributed by atoms with E-state index in [1.54, 1.807) is 0 Å². The van der Waals surface area contributed by atoms with Crippen LogP contribution in [0.25, 0.3) is 0 Å². The van der Waals surface area contributed by atoms with Crippen molar-refractivity contribution >= 4 is 25.5 Å². The van der Waals surface area contributed by atoms with Gasteiger partial charge in [0.1, 0.15) is 20.9 Å². The van der Waals surface area contributed by atoms with Crippen LogP contribution >= 0.6 is 0 Å². The van der Waals surface area contributed by atoms with Gasteiger partial charge in [0.2, 0.25) is 0 Å². The molecule has 0 aliphatic rings. The summed E-state index contributed by atoms with van der Waals surface area (Å²) in [6.07, 6.45) is 0.959. The molecule has 14 heavy (non-hydrogen) atoms. The summed E-state index contributed by atoms with van der Waals surface area (Å²) in [5.74, 6) is -1.40. The van der Waals surface area contributed by atoms with E-state index in [-0.39, 0.29) is 0 Å².